The second-order valence-corrected chi connectivity index (χ2v) is 4.41. The van der Waals surface area contributed by atoms with Gasteiger partial charge in [0.2, 0.25) is 5.91 Å². The normalized spacial score (nSPS) is 9.58. The number of hydrogen-bond donors (Lipinski definition) is 1. The molecule has 0 unspecified atom stereocenters. The van der Waals surface area contributed by atoms with Crippen molar-refractivity contribution < 1.29 is 4.79 Å². The number of rotatable bonds is 1. The molecular weight excluding hydrogens is 333 g/mol. The number of anilines is 1. The molecule has 0 bridgehead atoms. The number of halogens is 2. The van der Waals surface area contributed by atoms with Crippen molar-refractivity contribution in [2.75, 3.05) is 5.32 Å². The second-order valence-electron chi connectivity index (χ2n) is 2.31. The second kappa shape index (κ2) is 4.23. The highest BCUT2D eigenvalue weighted by atomic mass is 127. The third kappa shape index (κ3) is 2.75. The highest BCUT2D eigenvalue weighted by Gasteiger charge is 2.00. The van der Waals surface area contributed by atoms with Crippen molar-refractivity contribution >= 4 is 50.1 Å². The maximum atomic E-state index is 10.7. The third-order valence-electron chi connectivity index (χ3n) is 1.24. The molecule has 0 radical (unpaired) electrons. The van der Waals surface area contributed by atoms with Gasteiger partial charge in [-0.15, -0.1) is 0 Å². The van der Waals surface area contributed by atoms with Crippen LogP contribution >= 0.6 is 38.5 Å². The lowest BCUT2D eigenvalue weighted by Gasteiger charge is -2.04. The highest BCUT2D eigenvalue weighted by Crippen LogP contribution is 2.24. The number of nitrogens with one attached hydrogen (secondary N) is 1. The molecule has 0 aliphatic heterocycles. The molecule has 0 saturated carbocycles. The molecule has 2 nitrogen and oxygen atoms in total. The Morgan fingerprint density at radius 3 is 2.83 bits per heavy atom. The van der Waals surface area contributed by atoms with Crippen molar-refractivity contribution in [3.05, 3.63) is 26.2 Å². The molecule has 0 saturated heterocycles. The van der Waals surface area contributed by atoms with E-state index in [-0.39, 0.29) is 5.91 Å². The molecule has 1 rings (SSSR count). The molecule has 12 heavy (non-hydrogen) atoms. The first-order valence-electron chi connectivity index (χ1n) is 3.32. The molecule has 1 aromatic carbocycles. The molecule has 0 heterocycles. The summed E-state index contributed by atoms with van der Waals surface area (Å²) < 4.78 is 2.00. The Bertz CT molecular complexity index is 314. The minimum absolute atomic E-state index is 0.0577. The lowest BCUT2D eigenvalue weighted by molar-refractivity contribution is -0.114. The Labute approximate surface area is 93.0 Å². The van der Waals surface area contributed by atoms with Crippen molar-refractivity contribution in [3.8, 4) is 0 Å². The van der Waals surface area contributed by atoms with Crippen LogP contribution in [-0.4, -0.2) is 5.91 Å². The van der Waals surface area contributed by atoms with Crippen LogP contribution in [0.15, 0.2) is 22.7 Å². The SMILES string of the molecule is CC(=O)Nc1cc(I)ccc1Br. The summed E-state index contributed by atoms with van der Waals surface area (Å²) >= 11 is 5.54. The molecule has 1 N–H and O–H groups in total. The van der Waals surface area contributed by atoms with Gasteiger partial charge in [0.25, 0.3) is 0 Å². The summed E-state index contributed by atoms with van der Waals surface area (Å²) in [5.41, 5.74) is 0.814. The number of carbonyl (C=O) groups is 1. The van der Waals surface area contributed by atoms with Gasteiger partial charge >= 0.3 is 0 Å². The van der Waals surface area contributed by atoms with Crippen LogP contribution in [0, 0.1) is 3.57 Å². The smallest absolute Gasteiger partial charge is 0.221 e. The van der Waals surface area contributed by atoms with E-state index >= 15 is 0 Å². The van der Waals surface area contributed by atoms with Crippen LogP contribution in [0.2, 0.25) is 0 Å². The first-order chi connectivity index (χ1) is 5.59. The molecule has 0 atom stereocenters. The largest absolute Gasteiger partial charge is 0.325 e. The van der Waals surface area contributed by atoms with Crippen molar-refractivity contribution in [1.29, 1.82) is 0 Å². The van der Waals surface area contributed by atoms with Crippen LogP contribution in [0.4, 0.5) is 5.69 Å². The summed E-state index contributed by atoms with van der Waals surface area (Å²) in [6.07, 6.45) is 0. The Kier molecular flexibility index (Phi) is 3.52. The fourth-order valence-corrected chi connectivity index (χ4v) is 1.62. The Balaban J connectivity index is 2.97. The van der Waals surface area contributed by atoms with Crippen LogP contribution in [-0.2, 0) is 4.79 Å². The minimum atomic E-state index is -0.0577. The lowest BCUT2D eigenvalue weighted by Crippen LogP contribution is -2.06. The van der Waals surface area contributed by atoms with E-state index < -0.39 is 0 Å². The van der Waals surface area contributed by atoms with Crippen LogP contribution < -0.4 is 5.32 Å². The van der Waals surface area contributed by atoms with Gasteiger partial charge in [-0.2, -0.15) is 0 Å². The third-order valence-corrected chi connectivity index (χ3v) is 2.60. The van der Waals surface area contributed by atoms with Crippen LogP contribution in [0.3, 0.4) is 0 Å². The average molecular weight is 340 g/mol. The van der Waals surface area contributed by atoms with Gasteiger partial charge in [-0.1, -0.05) is 0 Å². The van der Waals surface area contributed by atoms with E-state index in [4.69, 9.17) is 0 Å². The van der Waals surface area contributed by atoms with Crippen molar-refractivity contribution in [1.82, 2.24) is 0 Å². The number of amides is 1. The minimum Gasteiger partial charge on any atom is -0.325 e. The fraction of sp³-hybridized carbons (Fsp3) is 0.125. The number of hydrogen-bond acceptors (Lipinski definition) is 1. The summed E-state index contributed by atoms with van der Waals surface area (Å²) in [4.78, 5) is 10.7. The predicted molar refractivity (Wildman–Crippen MR) is 61.2 cm³/mol. The van der Waals surface area contributed by atoms with Crippen LogP contribution in [0.1, 0.15) is 6.92 Å². The molecule has 64 valence electrons. The molecule has 0 aliphatic rings. The van der Waals surface area contributed by atoms with E-state index in [1.54, 1.807) is 0 Å². The summed E-state index contributed by atoms with van der Waals surface area (Å²) in [6, 6.07) is 5.79. The molecular formula is C8H7BrINO. The van der Waals surface area contributed by atoms with E-state index in [1.165, 1.54) is 6.92 Å². The Morgan fingerprint density at radius 2 is 2.25 bits per heavy atom. The standard InChI is InChI=1S/C8H7BrINO/c1-5(12)11-8-4-6(10)2-3-7(8)9/h2-4H,1H3,(H,11,12). The van der Waals surface area contributed by atoms with E-state index in [0.29, 0.717) is 0 Å². The number of benzene rings is 1. The van der Waals surface area contributed by atoms with Gasteiger partial charge in [0, 0.05) is 15.0 Å². The average Bonchev–Trinajstić information content (AvgIpc) is 1.96. The maximum absolute atomic E-state index is 10.7. The van der Waals surface area contributed by atoms with Gasteiger partial charge in [0.15, 0.2) is 0 Å². The van der Waals surface area contributed by atoms with E-state index in [2.05, 4.69) is 43.8 Å². The van der Waals surface area contributed by atoms with E-state index in [9.17, 15) is 4.79 Å². The van der Waals surface area contributed by atoms with Gasteiger partial charge in [-0.25, -0.2) is 0 Å². The van der Waals surface area contributed by atoms with Crippen molar-refractivity contribution in [2.24, 2.45) is 0 Å². The Hall–Kier alpha value is -0.100. The fourth-order valence-electron chi connectivity index (χ4n) is 0.783. The zero-order valence-electron chi connectivity index (χ0n) is 6.40. The molecule has 0 fully saturated rings. The molecule has 0 aliphatic carbocycles. The molecule has 0 aromatic heterocycles. The van der Waals surface area contributed by atoms with E-state index in [1.807, 2.05) is 18.2 Å². The summed E-state index contributed by atoms with van der Waals surface area (Å²) in [5, 5.41) is 2.72. The molecule has 1 amide bonds. The topological polar surface area (TPSA) is 29.1 Å². The van der Waals surface area contributed by atoms with Gasteiger partial charge in [-0.05, 0) is 56.7 Å². The molecule has 4 heteroatoms. The van der Waals surface area contributed by atoms with Gasteiger partial charge in [0.05, 0.1) is 5.69 Å². The van der Waals surface area contributed by atoms with Crippen LogP contribution in [0.5, 0.6) is 0 Å². The zero-order chi connectivity index (χ0) is 9.14. The summed E-state index contributed by atoms with van der Waals surface area (Å²) in [5.74, 6) is -0.0577. The van der Waals surface area contributed by atoms with E-state index in [0.717, 1.165) is 13.7 Å². The van der Waals surface area contributed by atoms with Gasteiger partial charge in [-0.3, -0.25) is 4.79 Å². The first kappa shape index (κ1) is 9.98. The Morgan fingerprint density at radius 1 is 1.58 bits per heavy atom. The monoisotopic (exact) mass is 339 g/mol. The zero-order valence-corrected chi connectivity index (χ0v) is 10.1. The molecule has 1 aromatic rings. The van der Waals surface area contributed by atoms with Crippen LogP contribution in [0.25, 0.3) is 0 Å². The van der Waals surface area contributed by atoms with Crippen molar-refractivity contribution in [2.45, 2.75) is 6.92 Å². The summed E-state index contributed by atoms with van der Waals surface area (Å²) in [6.45, 7) is 1.49. The van der Waals surface area contributed by atoms with Gasteiger partial charge < -0.3 is 5.32 Å². The maximum Gasteiger partial charge on any atom is 0.221 e. The predicted octanol–water partition coefficient (Wildman–Crippen LogP) is 3.01. The highest BCUT2D eigenvalue weighted by molar-refractivity contribution is 14.1. The summed E-state index contributed by atoms with van der Waals surface area (Å²) in [7, 11) is 0. The molecule has 0 spiro atoms. The first-order valence-corrected chi connectivity index (χ1v) is 5.19. The van der Waals surface area contributed by atoms with Crippen molar-refractivity contribution in [3.63, 3.8) is 0 Å². The quantitative estimate of drug-likeness (QED) is 0.783. The van der Waals surface area contributed by atoms with Gasteiger partial charge in [0.1, 0.15) is 0 Å². The lowest BCUT2D eigenvalue weighted by atomic mass is 10.3. The number of carbonyl (C=O) groups excluding carboxylic acids is 1.